The number of esters is 1. The molecule has 1 aromatic heterocycles. The van der Waals surface area contributed by atoms with Gasteiger partial charge in [0.25, 0.3) is 0 Å². The largest absolute Gasteiger partial charge is 0.494 e. The Hall–Kier alpha value is -3.93. The minimum Gasteiger partial charge on any atom is -0.494 e. The number of amides is 3. The average Bonchev–Trinajstić information content (AvgIpc) is 3.27. The van der Waals surface area contributed by atoms with E-state index in [0.717, 1.165) is 42.1 Å². The number of piperidine rings is 1. The van der Waals surface area contributed by atoms with Crippen LogP contribution >= 0.6 is 0 Å². The van der Waals surface area contributed by atoms with E-state index in [9.17, 15) is 19.2 Å². The van der Waals surface area contributed by atoms with E-state index in [2.05, 4.69) is 26.4 Å². The molecule has 0 aliphatic carbocycles. The number of carbonyl (C=O) groups excluding carboxylic acids is 4. The van der Waals surface area contributed by atoms with Crippen molar-refractivity contribution < 1.29 is 28.7 Å². The lowest BCUT2D eigenvalue weighted by atomic mass is 9.97. The molecule has 12 nitrogen and oxygen atoms in total. The van der Waals surface area contributed by atoms with Crippen LogP contribution in [0.25, 0.3) is 0 Å². The monoisotopic (exact) mass is 612 g/mol. The first-order chi connectivity index (χ1) is 20.7. The van der Waals surface area contributed by atoms with Crippen molar-refractivity contribution in [3.05, 3.63) is 46.8 Å². The zero-order chi connectivity index (χ0) is 32.4. The maximum absolute atomic E-state index is 13.6. The number of hydrogen-bond acceptors (Lipinski definition) is 8. The van der Waals surface area contributed by atoms with E-state index >= 15 is 0 Å². The first-order valence-corrected chi connectivity index (χ1v) is 15.2. The topological polar surface area (TPSA) is 153 Å². The zero-order valence-electron chi connectivity index (χ0n) is 27.0. The fourth-order valence-corrected chi connectivity index (χ4v) is 4.98. The van der Waals surface area contributed by atoms with Gasteiger partial charge in [-0.15, -0.1) is 0 Å². The van der Waals surface area contributed by atoms with Crippen LogP contribution in [0.1, 0.15) is 81.9 Å². The third-order valence-corrected chi connectivity index (χ3v) is 7.43. The predicted molar refractivity (Wildman–Crippen MR) is 166 cm³/mol. The molecule has 2 unspecified atom stereocenters. The van der Waals surface area contributed by atoms with Crippen LogP contribution in [0.5, 0.6) is 5.75 Å². The van der Waals surface area contributed by atoms with Gasteiger partial charge in [0.1, 0.15) is 17.4 Å². The maximum atomic E-state index is 13.6. The normalized spacial score (nSPS) is 16.4. The molecule has 0 bridgehead atoms. The third kappa shape index (κ3) is 11.0. The van der Waals surface area contributed by atoms with Gasteiger partial charge < -0.3 is 30.7 Å². The SMILES string of the molecule is CC(=O)N[C@@H](CC(=O)OC(C)(C)C)C(=O)NC(C(=O)NCc1cc(OCCC2CCCNC2)ccc1C)c1cc(C)n(C)n1. The van der Waals surface area contributed by atoms with Crippen LogP contribution in [0, 0.1) is 19.8 Å². The summed E-state index contributed by atoms with van der Waals surface area (Å²) in [4.78, 5) is 51.3. The summed E-state index contributed by atoms with van der Waals surface area (Å²) in [5, 5.41) is 15.9. The molecule has 0 spiro atoms. The highest BCUT2D eigenvalue weighted by Gasteiger charge is 2.32. The van der Waals surface area contributed by atoms with E-state index in [1.54, 1.807) is 38.6 Å². The quantitative estimate of drug-likeness (QED) is 0.252. The predicted octanol–water partition coefficient (Wildman–Crippen LogP) is 2.52. The fourth-order valence-electron chi connectivity index (χ4n) is 4.98. The summed E-state index contributed by atoms with van der Waals surface area (Å²) in [5.41, 5.74) is 2.19. The molecule has 1 saturated heterocycles. The third-order valence-electron chi connectivity index (χ3n) is 7.43. The fraction of sp³-hybridized carbons (Fsp3) is 0.594. The van der Waals surface area contributed by atoms with Crippen LogP contribution < -0.4 is 26.0 Å². The number of hydrogen-bond donors (Lipinski definition) is 4. The maximum Gasteiger partial charge on any atom is 0.308 e. The minimum absolute atomic E-state index is 0.194. The highest BCUT2D eigenvalue weighted by Crippen LogP contribution is 2.21. The Balaban J connectivity index is 1.71. The van der Waals surface area contributed by atoms with Crippen LogP contribution in [0.2, 0.25) is 0 Å². The average molecular weight is 613 g/mol. The Morgan fingerprint density at radius 1 is 1.11 bits per heavy atom. The standard InChI is InChI=1S/C32H48N6O6/c1-20-10-11-25(43-14-12-23-9-8-13-33-18-23)16-24(20)19-34-31(42)29(26-15-21(2)38(7)37-26)36-30(41)27(35-22(3)39)17-28(40)44-32(4,5)6/h10-11,15-16,23,27,29,33H,8-9,12-14,17-19H2,1-7H3,(H,34,42)(H,35,39)(H,36,41)/t23?,27-,29?/m0/s1. The van der Waals surface area contributed by atoms with Crippen molar-refractivity contribution in [2.75, 3.05) is 19.7 Å². The Morgan fingerprint density at radius 2 is 1.86 bits per heavy atom. The van der Waals surface area contributed by atoms with Gasteiger partial charge in [-0.3, -0.25) is 23.9 Å². The minimum atomic E-state index is -1.25. The van der Waals surface area contributed by atoms with E-state index in [4.69, 9.17) is 9.47 Å². The molecule has 12 heteroatoms. The molecule has 4 N–H and O–H groups in total. The van der Waals surface area contributed by atoms with Gasteiger partial charge >= 0.3 is 5.97 Å². The highest BCUT2D eigenvalue weighted by molar-refractivity contribution is 5.94. The van der Waals surface area contributed by atoms with Gasteiger partial charge in [-0.25, -0.2) is 0 Å². The summed E-state index contributed by atoms with van der Waals surface area (Å²) in [6.07, 6.45) is 2.98. The molecule has 242 valence electrons. The summed E-state index contributed by atoms with van der Waals surface area (Å²) in [6, 6.07) is 5.07. The second kappa shape index (κ2) is 15.7. The summed E-state index contributed by atoms with van der Waals surface area (Å²) in [6.45, 7) is 13.1. The Labute approximate surface area is 260 Å². The first-order valence-electron chi connectivity index (χ1n) is 15.2. The lowest BCUT2D eigenvalue weighted by Crippen LogP contribution is -2.51. The van der Waals surface area contributed by atoms with Crippen LogP contribution in [0.4, 0.5) is 0 Å². The molecule has 1 aromatic carbocycles. The molecule has 1 fully saturated rings. The van der Waals surface area contributed by atoms with Gasteiger partial charge in [0.05, 0.1) is 18.7 Å². The number of aromatic nitrogens is 2. The summed E-state index contributed by atoms with van der Waals surface area (Å²) < 4.78 is 13.0. The number of nitrogens with one attached hydrogen (secondary N) is 4. The molecular formula is C32H48N6O6. The van der Waals surface area contributed by atoms with E-state index < -0.39 is 47.8 Å². The molecular weight excluding hydrogens is 564 g/mol. The Bertz CT molecular complexity index is 1290. The Kier molecular flexibility index (Phi) is 12.3. The molecule has 3 amide bonds. The number of carbonyl (C=O) groups is 4. The first kappa shape index (κ1) is 34.6. The molecule has 44 heavy (non-hydrogen) atoms. The molecule has 1 aliphatic rings. The van der Waals surface area contributed by atoms with Gasteiger partial charge in [-0.2, -0.15) is 5.10 Å². The van der Waals surface area contributed by atoms with Crippen molar-refractivity contribution in [3.63, 3.8) is 0 Å². The lowest BCUT2D eigenvalue weighted by Gasteiger charge is -2.24. The van der Waals surface area contributed by atoms with E-state index in [-0.39, 0.29) is 6.54 Å². The molecule has 0 saturated carbocycles. The van der Waals surface area contributed by atoms with E-state index in [0.29, 0.717) is 18.2 Å². The van der Waals surface area contributed by atoms with E-state index in [1.807, 2.05) is 32.0 Å². The smallest absolute Gasteiger partial charge is 0.308 e. The van der Waals surface area contributed by atoms with Crippen molar-refractivity contribution in [2.45, 2.75) is 91.5 Å². The van der Waals surface area contributed by atoms with Crippen molar-refractivity contribution in [1.82, 2.24) is 31.0 Å². The molecule has 1 aliphatic heterocycles. The summed E-state index contributed by atoms with van der Waals surface area (Å²) in [5.74, 6) is -1.02. The number of aryl methyl sites for hydroxylation is 3. The molecule has 3 rings (SSSR count). The van der Waals surface area contributed by atoms with Gasteiger partial charge in [-0.05, 0) is 102 Å². The van der Waals surface area contributed by atoms with Crippen LogP contribution in [0.3, 0.4) is 0 Å². The van der Waals surface area contributed by atoms with Crippen LogP contribution in [0.15, 0.2) is 24.3 Å². The van der Waals surface area contributed by atoms with Gasteiger partial charge in [-0.1, -0.05) is 6.07 Å². The zero-order valence-corrected chi connectivity index (χ0v) is 27.0. The second-order valence-corrected chi connectivity index (χ2v) is 12.5. The molecule has 2 heterocycles. The van der Waals surface area contributed by atoms with Crippen molar-refractivity contribution >= 4 is 23.7 Å². The number of benzene rings is 1. The van der Waals surface area contributed by atoms with Crippen LogP contribution in [-0.2, 0) is 37.5 Å². The molecule has 3 atom stereocenters. The second-order valence-electron chi connectivity index (χ2n) is 12.5. The number of ether oxygens (including phenoxy) is 2. The van der Waals surface area contributed by atoms with Gasteiger partial charge in [0.2, 0.25) is 17.7 Å². The Morgan fingerprint density at radius 3 is 2.48 bits per heavy atom. The van der Waals surface area contributed by atoms with Gasteiger partial charge in [0.15, 0.2) is 6.04 Å². The number of rotatable bonds is 13. The van der Waals surface area contributed by atoms with Crippen LogP contribution in [-0.4, -0.2) is 64.8 Å². The lowest BCUT2D eigenvalue weighted by molar-refractivity contribution is -0.156. The van der Waals surface area contributed by atoms with Crippen molar-refractivity contribution in [2.24, 2.45) is 13.0 Å². The highest BCUT2D eigenvalue weighted by atomic mass is 16.6. The van der Waals surface area contributed by atoms with Crippen molar-refractivity contribution in [3.8, 4) is 5.75 Å². The molecule has 2 aromatic rings. The summed E-state index contributed by atoms with van der Waals surface area (Å²) in [7, 11) is 1.73. The number of nitrogens with zero attached hydrogens (tertiary/aromatic N) is 2. The van der Waals surface area contributed by atoms with Crippen molar-refractivity contribution in [1.29, 1.82) is 0 Å². The van der Waals surface area contributed by atoms with E-state index in [1.165, 1.54) is 19.8 Å². The summed E-state index contributed by atoms with van der Waals surface area (Å²) >= 11 is 0. The van der Waals surface area contributed by atoms with Gasteiger partial charge in [0, 0.05) is 26.2 Å². The molecule has 0 radical (unpaired) electrons.